The van der Waals surface area contributed by atoms with Crippen molar-refractivity contribution in [1.29, 1.82) is 0 Å². The molecule has 3 amide bonds. The quantitative estimate of drug-likeness (QED) is 0.833. The van der Waals surface area contributed by atoms with Gasteiger partial charge in [-0.1, -0.05) is 12.1 Å². The van der Waals surface area contributed by atoms with E-state index < -0.39 is 0 Å². The summed E-state index contributed by atoms with van der Waals surface area (Å²) in [5, 5.41) is 2.75. The molecule has 0 heterocycles. The Bertz CT molecular complexity index is 469. The first-order chi connectivity index (χ1) is 10.0. The van der Waals surface area contributed by atoms with Gasteiger partial charge in [-0.25, -0.2) is 4.79 Å². The molecular formula is C15H24N4O2. The van der Waals surface area contributed by atoms with Crippen molar-refractivity contribution in [3.05, 3.63) is 29.8 Å². The highest BCUT2D eigenvalue weighted by molar-refractivity contribution is 5.92. The SMILES string of the molecule is CCN(CC)C(=O)CN(C)C(=O)Nc1ccc(CN)cc1. The highest BCUT2D eigenvalue weighted by Gasteiger charge is 2.16. The Kier molecular flexibility index (Phi) is 6.68. The average molecular weight is 292 g/mol. The molecular weight excluding hydrogens is 268 g/mol. The summed E-state index contributed by atoms with van der Waals surface area (Å²) in [7, 11) is 1.60. The molecule has 21 heavy (non-hydrogen) atoms. The first kappa shape index (κ1) is 17.0. The number of urea groups is 1. The van der Waals surface area contributed by atoms with Crippen LogP contribution in [-0.4, -0.2) is 48.4 Å². The fourth-order valence-corrected chi connectivity index (χ4v) is 1.89. The number of hydrogen-bond acceptors (Lipinski definition) is 3. The summed E-state index contributed by atoms with van der Waals surface area (Å²) in [5.74, 6) is -0.0591. The van der Waals surface area contributed by atoms with Gasteiger partial charge in [0.05, 0.1) is 0 Å². The van der Waals surface area contributed by atoms with E-state index in [0.717, 1.165) is 5.56 Å². The van der Waals surface area contributed by atoms with Gasteiger partial charge in [-0.05, 0) is 31.5 Å². The molecule has 1 aromatic carbocycles. The number of likely N-dealkylation sites (N-methyl/N-ethyl adjacent to an activating group) is 2. The molecule has 0 aliphatic rings. The number of rotatable bonds is 6. The zero-order valence-corrected chi connectivity index (χ0v) is 12.9. The number of carbonyl (C=O) groups is 2. The van der Waals surface area contributed by atoms with Gasteiger partial charge in [-0.2, -0.15) is 0 Å². The lowest BCUT2D eigenvalue weighted by Crippen LogP contribution is -2.42. The maximum Gasteiger partial charge on any atom is 0.322 e. The van der Waals surface area contributed by atoms with Gasteiger partial charge in [0.15, 0.2) is 0 Å². The lowest BCUT2D eigenvalue weighted by molar-refractivity contribution is -0.131. The average Bonchev–Trinajstić information content (AvgIpc) is 2.49. The van der Waals surface area contributed by atoms with Crippen molar-refractivity contribution >= 4 is 17.6 Å². The minimum atomic E-state index is -0.309. The van der Waals surface area contributed by atoms with Gasteiger partial charge in [0, 0.05) is 32.4 Å². The topological polar surface area (TPSA) is 78.7 Å². The maximum absolute atomic E-state index is 12.0. The number of hydrogen-bond donors (Lipinski definition) is 2. The number of benzene rings is 1. The third-order valence-electron chi connectivity index (χ3n) is 3.28. The van der Waals surface area contributed by atoms with Crippen molar-refractivity contribution in [3.63, 3.8) is 0 Å². The molecule has 1 aromatic rings. The summed E-state index contributed by atoms with van der Waals surface area (Å²) in [5.41, 5.74) is 7.20. The van der Waals surface area contributed by atoms with Crippen LogP contribution in [-0.2, 0) is 11.3 Å². The van der Waals surface area contributed by atoms with E-state index >= 15 is 0 Å². The van der Waals surface area contributed by atoms with Crippen LogP contribution in [0.25, 0.3) is 0 Å². The molecule has 6 heteroatoms. The zero-order valence-electron chi connectivity index (χ0n) is 12.9. The van der Waals surface area contributed by atoms with Crippen LogP contribution in [0.15, 0.2) is 24.3 Å². The second-order valence-electron chi connectivity index (χ2n) is 4.75. The van der Waals surface area contributed by atoms with Crippen LogP contribution in [0.2, 0.25) is 0 Å². The molecule has 0 unspecified atom stereocenters. The minimum absolute atomic E-state index is 0.0591. The smallest absolute Gasteiger partial charge is 0.322 e. The Morgan fingerprint density at radius 2 is 1.71 bits per heavy atom. The predicted octanol–water partition coefficient (Wildman–Crippen LogP) is 1.48. The Morgan fingerprint density at radius 3 is 2.19 bits per heavy atom. The lowest BCUT2D eigenvalue weighted by Gasteiger charge is -2.23. The second-order valence-corrected chi connectivity index (χ2v) is 4.75. The molecule has 0 saturated carbocycles. The van der Waals surface area contributed by atoms with Crippen LogP contribution >= 0.6 is 0 Å². The lowest BCUT2D eigenvalue weighted by atomic mass is 10.2. The molecule has 0 aromatic heterocycles. The molecule has 6 nitrogen and oxygen atoms in total. The Labute approximate surface area is 125 Å². The molecule has 0 spiro atoms. The van der Waals surface area contributed by atoms with Gasteiger partial charge >= 0.3 is 6.03 Å². The number of nitrogens with two attached hydrogens (primary N) is 1. The van der Waals surface area contributed by atoms with Gasteiger partial charge < -0.3 is 20.9 Å². The van der Waals surface area contributed by atoms with E-state index in [1.54, 1.807) is 24.1 Å². The first-order valence-electron chi connectivity index (χ1n) is 7.10. The number of nitrogens with zero attached hydrogens (tertiary/aromatic N) is 2. The molecule has 0 aliphatic heterocycles. The highest BCUT2D eigenvalue weighted by atomic mass is 16.2. The first-order valence-corrected chi connectivity index (χ1v) is 7.10. The fourth-order valence-electron chi connectivity index (χ4n) is 1.89. The summed E-state index contributed by atoms with van der Waals surface area (Å²) in [6, 6.07) is 6.99. The molecule has 3 N–H and O–H groups in total. The Morgan fingerprint density at radius 1 is 1.14 bits per heavy atom. The number of amides is 3. The van der Waals surface area contributed by atoms with E-state index in [4.69, 9.17) is 5.73 Å². The largest absolute Gasteiger partial charge is 0.342 e. The highest BCUT2D eigenvalue weighted by Crippen LogP contribution is 2.09. The summed E-state index contributed by atoms with van der Waals surface area (Å²) < 4.78 is 0. The monoisotopic (exact) mass is 292 g/mol. The summed E-state index contributed by atoms with van der Waals surface area (Å²) in [6.45, 7) is 5.65. The molecule has 0 fully saturated rings. The van der Waals surface area contributed by atoms with Crippen molar-refractivity contribution in [2.24, 2.45) is 5.73 Å². The van der Waals surface area contributed by atoms with Crippen LogP contribution in [0, 0.1) is 0 Å². The third kappa shape index (κ3) is 5.07. The number of anilines is 1. The van der Waals surface area contributed by atoms with Crippen LogP contribution < -0.4 is 11.1 Å². The maximum atomic E-state index is 12.0. The van der Waals surface area contributed by atoms with E-state index in [2.05, 4.69) is 5.32 Å². The van der Waals surface area contributed by atoms with Gasteiger partial charge in [0.2, 0.25) is 5.91 Å². The number of carbonyl (C=O) groups excluding carboxylic acids is 2. The Balaban J connectivity index is 2.55. The van der Waals surface area contributed by atoms with E-state index in [-0.39, 0.29) is 18.5 Å². The molecule has 116 valence electrons. The molecule has 0 bridgehead atoms. The van der Waals surface area contributed by atoms with Gasteiger partial charge in [-0.3, -0.25) is 4.79 Å². The van der Waals surface area contributed by atoms with Crippen LogP contribution in [0.5, 0.6) is 0 Å². The van der Waals surface area contributed by atoms with Crippen molar-refractivity contribution in [1.82, 2.24) is 9.80 Å². The summed E-state index contributed by atoms with van der Waals surface area (Å²) in [6.07, 6.45) is 0. The van der Waals surface area contributed by atoms with Crippen molar-refractivity contribution in [3.8, 4) is 0 Å². The van der Waals surface area contributed by atoms with E-state index in [9.17, 15) is 9.59 Å². The van der Waals surface area contributed by atoms with Crippen molar-refractivity contribution < 1.29 is 9.59 Å². The van der Waals surface area contributed by atoms with E-state index in [0.29, 0.717) is 25.3 Å². The van der Waals surface area contributed by atoms with Crippen LogP contribution in [0.1, 0.15) is 19.4 Å². The van der Waals surface area contributed by atoms with Gasteiger partial charge in [0.1, 0.15) is 6.54 Å². The van der Waals surface area contributed by atoms with E-state index in [1.807, 2.05) is 26.0 Å². The molecule has 0 atom stereocenters. The number of nitrogens with one attached hydrogen (secondary N) is 1. The zero-order chi connectivity index (χ0) is 15.8. The standard InChI is InChI=1S/C15H24N4O2/c1-4-19(5-2)14(20)11-18(3)15(21)17-13-8-6-12(10-16)7-9-13/h6-9H,4-5,10-11,16H2,1-3H3,(H,17,21). The molecule has 0 aliphatic carbocycles. The van der Waals surface area contributed by atoms with Crippen molar-refractivity contribution in [2.75, 3.05) is 32.0 Å². The molecule has 0 saturated heterocycles. The minimum Gasteiger partial charge on any atom is -0.342 e. The second kappa shape index (κ2) is 8.26. The van der Waals surface area contributed by atoms with Crippen LogP contribution in [0.3, 0.4) is 0 Å². The van der Waals surface area contributed by atoms with Gasteiger partial charge in [0.25, 0.3) is 0 Å². The van der Waals surface area contributed by atoms with Crippen LogP contribution in [0.4, 0.5) is 10.5 Å². The normalized spacial score (nSPS) is 10.1. The Hall–Kier alpha value is -2.08. The molecule has 1 rings (SSSR count). The summed E-state index contributed by atoms with van der Waals surface area (Å²) >= 11 is 0. The summed E-state index contributed by atoms with van der Waals surface area (Å²) in [4.78, 5) is 27.0. The molecule has 0 radical (unpaired) electrons. The van der Waals surface area contributed by atoms with E-state index in [1.165, 1.54) is 4.90 Å². The van der Waals surface area contributed by atoms with Crippen molar-refractivity contribution in [2.45, 2.75) is 20.4 Å². The fraction of sp³-hybridized carbons (Fsp3) is 0.467. The van der Waals surface area contributed by atoms with Gasteiger partial charge in [-0.15, -0.1) is 0 Å². The predicted molar refractivity (Wildman–Crippen MR) is 83.9 cm³/mol. The third-order valence-corrected chi connectivity index (χ3v) is 3.28.